The zero-order valence-corrected chi connectivity index (χ0v) is 21.5. The summed E-state index contributed by atoms with van der Waals surface area (Å²) in [6.45, 7) is 0. The Morgan fingerprint density at radius 2 is 1.83 bits per heavy atom. The molecule has 10 heteroatoms. The molecule has 0 saturated carbocycles. The van der Waals surface area contributed by atoms with Crippen LogP contribution in [0.25, 0.3) is 10.2 Å². The number of hydrogen-bond acceptors (Lipinski definition) is 7. The van der Waals surface area contributed by atoms with Gasteiger partial charge in [-0.25, -0.2) is 4.98 Å². The molecule has 1 saturated heterocycles. The van der Waals surface area contributed by atoms with E-state index in [-0.39, 0.29) is 30.2 Å². The van der Waals surface area contributed by atoms with Gasteiger partial charge in [-0.3, -0.25) is 19.3 Å². The molecule has 8 nitrogen and oxygen atoms in total. The van der Waals surface area contributed by atoms with E-state index in [1.165, 1.54) is 22.4 Å². The molecule has 3 amide bonds. The minimum Gasteiger partial charge on any atom is -0.497 e. The summed E-state index contributed by atoms with van der Waals surface area (Å²) in [5, 5.41) is 6.08. The summed E-state index contributed by atoms with van der Waals surface area (Å²) < 4.78 is 7.07. The quantitative estimate of drug-likeness (QED) is 0.178. The van der Waals surface area contributed by atoms with Gasteiger partial charge in [-0.2, -0.15) is 10.1 Å². The topological polar surface area (TPSA) is 92.2 Å². The zero-order valence-electron chi connectivity index (χ0n) is 19.1. The van der Waals surface area contributed by atoms with E-state index in [4.69, 9.17) is 4.74 Å². The molecule has 0 N–H and O–H groups in total. The lowest BCUT2D eigenvalue weighted by Gasteiger charge is -2.17. The second-order valence-corrected chi connectivity index (χ2v) is 9.84. The molecule has 0 spiro atoms. The number of halogens is 1. The normalized spacial score (nSPS) is 13.7. The number of carbonyl (C=O) groups excluding carboxylic acids is 3. The summed E-state index contributed by atoms with van der Waals surface area (Å²) in [4.78, 5) is 43.9. The van der Waals surface area contributed by atoms with E-state index in [2.05, 4.69) is 26.0 Å². The average Bonchev–Trinajstić information content (AvgIpc) is 3.46. The molecule has 0 aliphatic carbocycles. The summed E-state index contributed by atoms with van der Waals surface area (Å²) >= 11 is 4.71. The van der Waals surface area contributed by atoms with Crippen LogP contribution in [0.5, 0.6) is 5.75 Å². The molecule has 4 aromatic rings. The molecule has 0 unspecified atom stereocenters. The first-order valence-electron chi connectivity index (χ1n) is 11.0. The summed E-state index contributed by atoms with van der Waals surface area (Å²) in [5.41, 5.74) is 2.12. The summed E-state index contributed by atoms with van der Waals surface area (Å²) in [7, 11) is 1.59. The van der Waals surface area contributed by atoms with Crippen molar-refractivity contribution in [3.8, 4) is 5.75 Å². The van der Waals surface area contributed by atoms with Crippen LogP contribution in [-0.2, 0) is 9.59 Å². The molecule has 5 rings (SSSR count). The highest BCUT2D eigenvalue weighted by Crippen LogP contribution is 2.33. The Bertz CT molecular complexity index is 1500. The van der Waals surface area contributed by atoms with Gasteiger partial charge in [0.25, 0.3) is 5.91 Å². The van der Waals surface area contributed by atoms with Gasteiger partial charge in [0.15, 0.2) is 0 Å². The number of aromatic nitrogens is 1. The molecular weight excluding hydrogens is 544 g/mol. The minimum absolute atomic E-state index is 0.162. The van der Waals surface area contributed by atoms with Crippen molar-refractivity contribution >= 4 is 72.2 Å². The Labute approximate surface area is 218 Å². The van der Waals surface area contributed by atoms with E-state index >= 15 is 0 Å². The van der Waals surface area contributed by atoms with E-state index in [9.17, 15) is 14.4 Å². The van der Waals surface area contributed by atoms with Crippen LogP contribution in [0.1, 0.15) is 28.8 Å². The SMILES string of the molecule is COc1ccc2nc(N(/N=C/c3ccc(Br)cc3)C(=O)c3cccc(N4C(=O)CCC4=O)c3)sc2c1. The lowest BCUT2D eigenvalue weighted by atomic mass is 10.1. The molecule has 1 aromatic heterocycles. The number of rotatable bonds is 6. The monoisotopic (exact) mass is 562 g/mol. The molecule has 1 aliphatic heterocycles. The molecule has 0 atom stereocenters. The van der Waals surface area contributed by atoms with E-state index in [1.807, 2.05) is 36.4 Å². The van der Waals surface area contributed by atoms with Crippen molar-refractivity contribution in [2.75, 3.05) is 17.0 Å². The van der Waals surface area contributed by atoms with E-state index in [0.717, 1.165) is 19.6 Å². The molecule has 3 aromatic carbocycles. The number of carbonyl (C=O) groups is 3. The maximum Gasteiger partial charge on any atom is 0.280 e. The zero-order chi connectivity index (χ0) is 25.2. The molecule has 1 aliphatic rings. The highest BCUT2D eigenvalue weighted by atomic mass is 79.9. The smallest absolute Gasteiger partial charge is 0.280 e. The van der Waals surface area contributed by atoms with E-state index < -0.39 is 5.91 Å². The standard InChI is InChI=1S/C26H19BrN4O4S/c1-35-20-9-10-21-22(14-20)36-26(29-21)31(28-15-16-5-7-18(27)8-6-16)25(34)17-3-2-4-19(13-17)30-23(32)11-12-24(30)33/h2-10,13-15H,11-12H2,1H3/b28-15+. The molecule has 36 heavy (non-hydrogen) atoms. The van der Waals surface area contributed by atoms with Crippen LogP contribution in [0.3, 0.4) is 0 Å². The van der Waals surface area contributed by atoms with Crippen molar-refractivity contribution in [2.45, 2.75) is 12.8 Å². The van der Waals surface area contributed by atoms with Gasteiger partial charge in [0.05, 0.1) is 29.2 Å². The predicted molar refractivity (Wildman–Crippen MR) is 143 cm³/mol. The summed E-state index contributed by atoms with van der Waals surface area (Å²) in [5.74, 6) is -0.332. The van der Waals surface area contributed by atoms with Gasteiger partial charge < -0.3 is 4.74 Å². The Morgan fingerprint density at radius 1 is 1.08 bits per heavy atom. The Morgan fingerprint density at radius 3 is 2.56 bits per heavy atom. The van der Waals surface area contributed by atoms with Gasteiger partial charge >= 0.3 is 0 Å². The van der Waals surface area contributed by atoms with Crippen molar-refractivity contribution in [1.29, 1.82) is 0 Å². The number of thiazole rings is 1. The van der Waals surface area contributed by atoms with Crippen molar-refractivity contribution in [3.05, 3.63) is 82.3 Å². The highest BCUT2D eigenvalue weighted by Gasteiger charge is 2.31. The van der Waals surface area contributed by atoms with Gasteiger partial charge in [0, 0.05) is 22.9 Å². The first-order chi connectivity index (χ1) is 17.4. The number of methoxy groups -OCH3 is 1. The molecule has 0 radical (unpaired) electrons. The second-order valence-electron chi connectivity index (χ2n) is 7.92. The van der Waals surface area contributed by atoms with Gasteiger partial charge in [-0.15, -0.1) is 0 Å². The number of benzene rings is 3. The van der Waals surface area contributed by atoms with Crippen LogP contribution in [-0.4, -0.2) is 36.0 Å². The molecule has 1 fully saturated rings. The second kappa shape index (κ2) is 10.00. The number of hydrazone groups is 1. The maximum absolute atomic E-state index is 13.7. The van der Waals surface area contributed by atoms with Crippen LogP contribution in [0.2, 0.25) is 0 Å². The fraction of sp³-hybridized carbons (Fsp3) is 0.115. The fourth-order valence-electron chi connectivity index (χ4n) is 3.74. The van der Waals surface area contributed by atoms with Gasteiger partial charge in [0.2, 0.25) is 16.9 Å². The number of nitrogens with zero attached hydrogens (tertiary/aromatic N) is 4. The number of fused-ring (bicyclic) bond motifs is 1. The molecular formula is C26H19BrN4O4S. The number of hydrogen-bond donors (Lipinski definition) is 0. The fourth-order valence-corrected chi connectivity index (χ4v) is 4.95. The Balaban J connectivity index is 1.54. The van der Waals surface area contributed by atoms with Gasteiger partial charge in [-0.1, -0.05) is 45.5 Å². The highest BCUT2D eigenvalue weighted by molar-refractivity contribution is 9.10. The number of imide groups is 1. The predicted octanol–water partition coefficient (Wildman–Crippen LogP) is 5.40. The Kier molecular flexibility index (Phi) is 6.62. The van der Waals surface area contributed by atoms with Gasteiger partial charge in [-0.05, 0) is 54.1 Å². The third-order valence-corrected chi connectivity index (χ3v) is 7.08. The summed E-state index contributed by atoms with van der Waals surface area (Å²) in [6, 6.07) is 19.4. The molecule has 2 heterocycles. The number of amides is 3. The van der Waals surface area contributed by atoms with Crippen LogP contribution in [0, 0.1) is 0 Å². The summed E-state index contributed by atoms with van der Waals surface area (Å²) in [6.07, 6.45) is 1.90. The van der Waals surface area contributed by atoms with Crippen LogP contribution >= 0.6 is 27.3 Å². The average molecular weight is 563 g/mol. The van der Waals surface area contributed by atoms with Crippen LogP contribution < -0.4 is 14.6 Å². The van der Waals surface area contributed by atoms with Crippen molar-refractivity contribution in [2.24, 2.45) is 5.10 Å². The number of anilines is 2. The molecule has 180 valence electrons. The van der Waals surface area contributed by atoms with Crippen molar-refractivity contribution in [1.82, 2.24) is 4.98 Å². The minimum atomic E-state index is -0.449. The first-order valence-corrected chi connectivity index (χ1v) is 12.6. The third kappa shape index (κ3) is 4.77. The van der Waals surface area contributed by atoms with Crippen LogP contribution in [0.15, 0.2) is 76.3 Å². The van der Waals surface area contributed by atoms with Gasteiger partial charge in [0.1, 0.15) is 5.75 Å². The lowest BCUT2D eigenvalue weighted by Crippen LogP contribution is -2.29. The Hall–Kier alpha value is -3.89. The van der Waals surface area contributed by atoms with Crippen molar-refractivity contribution in [3.63, 3.8) is 0 Å². The van der Waals surface area contributed by atoms with Crippen LogP contribution in [0.4, 0.5) is 10.8 Å². The number of ether oxygens (including phenoxy) is 1. The van der Waals surface area contributed by atoms with E-state index in [0.29, 0.717) is 22.1 Å². The van der Waals surface area contributed by atoms with Crippen molar-refractivity contribution < 1.29 is 19.1 Å². The maximum atomic E-state index is 13.7. The largest absolute Gasteiger partial charge is 0.497 e. The third-order valence-electron chi connectivity index (χ3n) is 5.55. The lowest BCUT2D eigenvalue weighted by molar-refractivity contribution is -0.121. The van der Waals surface area contributed by atoms with E-state index in [1.54, 1.807) is 37.6 Å². The first kappa shape index (κ1) is 23.8. The molecule has 0 bridgehead atoms.